The van der Waals surface area contributed by atoms with Crippen LogP contribution in [0, 0.1) is 5.92 Å². The molecule has 0 saturated heterocycles. The molecule has 1 aliphatic rings. The van der Waals surface area contributed by atoms with Gasteiger partial charge in [0.05, 0.1) is 18.5 Å². The van der Waals surface area contributed by atoms with Gasteiger partial charge in [0, 0.05) is 17.5 Å². The minimum Gasteiger partial charge on any atom is -0.352 e. The summed E-state index contributed by atoms with van der Waals surface area (Å²) in [4.78, 5) is 12.5. The van der Waals surface area contributed by atoms with Crippen LogP contribution in [0.1, 0.15) is 48.0 Å². The molecule has 1 fully saturated rings. The Morgan fingerprint density at radius 1 is 0.938 bits per heavy atom. The summed E-state index contributed by atoms with van der Waals surface area (Å²) >= 11 is 0. The molecule has 0 bridgehead atoms. The van der Waals surface area contributed by atoms with Crippen molar-refractivity contribution >= 4 is 32.4 Å². The number of nitrogens with zero attached hydrogens (tertiary/aromatic N) is 1. The molecule has 0 unspecified atom stereocenters. The van der Waals surface area contributed by atoms with Crippen LogP contribution in [0.25, 0.3) is 10.8 Å². The number of nitrogens with one attached hydrogen (secondary N) is 1. The molecular formula is C26H30N2O3S. The zero-order chi connectivity index (χ0) is 22.6. The second kappa shape index (κ2) is 9.74. The minimum absolute atomic E-state index is 0.0730. The highest BCUT2D eigenvalue weighted by molar-refractivity contribution is 7.92. The van der Waals surface area contributed by atoms with Gasteiger partial charge in [-0.2, -0.15) is 0 Å². The van der Waals surface area contributed by atoms with E-state index >= 15 is 0 Å². The smallest absolute Gasteiger partial charge is 0.251 e. The van der Waals surface area contributed by atoms with E-state index in [1.807, 2.05) is 54.6 Å². The number of carbonyl (C=O) groups is 1. The summed E-state index contributed by atoms with van der Waals surface area (Å²) in [5, 5.41) is 4.93. The van der Waals surface area contributed by atoms with E-state index in [9.17, 15) is 13.2 Å². The molecule has 5 nitrogen and oxygen atoms in total. The Hall–Kier alpha value is -2.86. The van der Waals surface area contributed by atoms with E-state index in [1.165, 1.54) is 42.7 Å². The highest BCUT2D eigenvalue weighted by Crippen LogP contribution is 2.30. The Morgan fingerprint density at radius 2 is 1.62 bits per heavy atom. The van der Waals surface area contributed by atoms with E-state index in [2.05, 4.69) is 5.32 Å². The highest BCUT2D eigenvalue weighted by atomic mass is 32.2. The van der Waals surface area contributed by atoms with Crippen LogP contribution < -0.4 is 9.62 Å². The lowest BCUT2D eigenvalue weighted by Crippen LogP contribution is -2.30. The molecule has 0 heterocycles. The van der Waals surface area contributed by atoms with E-state index in [-0.39, 0.29) is 12.5 Å². The largest absolute Gasteiger partial charge is 0.352 e. The fraction of sp³-hybridized carbons (Fsp3) is 0.346. The zero-order valence-corrected chi connectivity index (χ0v) is 19.3. The molecule has 1 amide bonds. The number of hydrogen-bond donors (Lipinski definition) is 1. The Balaban J connectivity index is 1.49. The summed E-state index contributed by atoms with van der Waals surface area (Å²) in [5.41, 5.74) is 2.08. The third kappa shape index (κ3) is 5.30. The molecule has 0 atom stereocenters. The van der Waals surface area contributed by atoms with Crippen molar-refractivity contribution in [3.63, 3.8) is 0 Å². The van der Waals surface area contributed by atoms with Crippen molar-refractivity contribution in [1.29, 1.82) is 0 Å². The van der Waals surface area contributed by atoms with Gasteiger partial charge in [0.15, 0.2) is 0 Å². The molecule has 6 heteroatoms. The highest BCUT2D eigenvalue weighted by Gasteiger charge is 2.20. The number of hydrogen-bond acceptors (Lipinski definition) is 3. The molecule has 4 rings (SSSR count). The SMILES string of the molecule is CS(=O)(=O)N(Cc1ccc(C(=O)NCC2CCCCC2)cc1)c1cccc2ccccc12. The summed E-state index contributed by atoms with van der Waals surface area (Å²) in [6.07, 6.45) is 7.41. The summed E-state index contributed by atoms with van der Waals surface area (Å²) in [6, 6.07) is 20.6. The maximum Gasteiger partial charge on any atom is 0.251 e. The molecule has 1 aliphatic carbocycles. The molecule has 0 spiro atoms. The molecule has 0 aromatic heterocycles. The summed E-state index contributed by atoms with van der Waals surface area (Å²) in [5.74, 6) is 0.507. The normalized spacial score (nSPS) is 14.9. The molecule has 1 saturated carbocycles. The second-order valence-corrected chi connectivity index (χ2v) is 10.6. The Bertz CT molecular complexity index is 1180. The Labute approximate surface area is 190 Å². The molecule has 168 valence electrons. The first-order valence-corrected chi connectivity index (χ1v) is 13.1. The van der Waals surface area contributed by atoms with Crippen LogP contribution in [0.2, 0.25) is 0 Å². The average molecular weight is 451 g/mol. The lowest BCUT2D eigenvalue weighted by atomic mass is 9.89. The number of carbonyl (C=O) groups excluding carboxylic acids is 1. The van der Waals surface area contributed by atoms with Gasteiger partial charge in [-0.3, -0.25) is 9.10 Å². The standard InChI is InChI=1S/C26H30N2O3S/c1-32(30,31)28(25-13-7-11-22-10-5-6-12-24(22)25)19-21-14-16-23(17-15-21)26(29)27-18-20-8-3-2-4-9-20/h5-7,10-17,20H,2-4,8-9,18-19H2,1H3,(H,27,29). The van der Waals surface area contributed by atoms with Crippen molar-refractivity contribution < 1.29 is 13.2 Å². The minimum atomic E-state index is -3.50. The van der Waals surface area contributed by atoms with Gasteiger partial charge in [-0.1, -0.05) is 67.8 Å². The topological polar surface area (TPSA) is 66.5 Å². The quantitative estimate of drug-likeness (QED) is 0.544. The summed E-state index contributed by atoms with van der Waals surface area (Å²) < 4.78 is 26.7. The number of rotatable bonds is 7. The van der Waals surface area contributed by atoms with Crippen molar-refractivity contribution in [2.75, 3.05) is 17.1 Å². The zero-order valence-electron chi connectivity index (χ0n) is 18.5. The van der Waals surface area contributed by atoms with E-state index < -0.39 is 10.0 Å². The Kier molecular flexibility index (Phi) is 6.80. The van der Waals surface area contributed by atoms with E-state index in [4.69, 9.17) is 0 Å². The van der Waals surface area contributed by atoms with Crippen molar-refractivity contribution in [3.05, 3.63) is 77.9 Å². The van der Waals surface area contributed by atoms with E-state index in [0.29, 0.717) is 17.2 Å². The molecule has 1 N–H and O–H groups in total. The lowest BCUT2D eigenvalue weighted by Gasteiger charge is -2.24. The Morgan fingerprint density at radius 3 is 2.34 bits per heavy atom. The van der Waals surface area contributed by atoms with Gasteiger partial charge in [-0.15, -0.1) is 0 Å². The first-order valence-electron chi connectivity index (χ1n) is 11.2. The van der Waals surface area contributed by atoms with Crippen LogP contribution in [0.3, 0.4) is 0 Å². The number of sulfonamides is 1. The number of benzene rings is 3. The maximum absolute atomic E-state index is 12.7. The number of anilines is 1. The van der Waals surface area contributed by atoms with Gasteiger partial charge < -0.3 is 5.32 Å². The van der Waals surface area contributed by atoms with Gasteiger partial charge in [-0.05, 0) is 47.9 Å². The average Bonchev–Trinajstić information content (AvgIpc) is 2.81. The third-order valence-corrected chi connectivity index (χ3v) is 7.38. The molecule has 3 aromatic rings. The first-order chi connectivity index (χ1) is 15.4. The second-order valence-electron chi connectivity index (χ2n) is 8.68. The fourth-order valence-electron chi connectivity index (χ4n) is 4.46. The first kappa shape index (κ1) is 22.3. The van der Waals surface area contributed by atoms with Gasteiger partial charge in [0.1, 0.15) is 0 Å². The van der Waals surface area contributed by atoms with Gasteiger partial charge >= 0.3 is 0 Å². The summed E-state index contributed by atoms with van der Waals surface area (Å²) in [7, 11) is -3.50. The van der Waals surface area contributed by atoms with Crippen LogP contribution in [0.15, 0.2) is 66.7 Å². The molecule has 0 aliphatic heterocycles. The van der Waals surface area contributed by atoms with Gasteiger partial charge in [-0.25, -0.2) is 8.42 Å². The van der Waals surface area contributed by atoms with Crippen LogP contribution in [0.5, 0.6) is 0 Å². The molecular weight excluding hydrogens is 420 g/mol. The van der Waals surface area contributed by atoms with Crippen molar-refractivity contribution in [1.82, 2.24) is 5.32 Å². The monoisotopic (exact) mass is 450 g/mol. The summed E-state index contributed by atoms with van der Waals surface area (Å²) in [6.45, 7) is 0.931. The predicted octanol–water partition coefficient (Wildman–Crippen LogP) is 5.12. The van der Waals surface area contributed by atoms with Crippen molar-refractivity contribution in [3.8, 4) is 0 Å². The van der Waals surface area contributed by atoms with Crippen molar-refractivity contribution in [2.24, 2.45) is 5.92 Å². The third-order valence-electron chi connectivity index (χ3n) is 6.25. The van der Waals surface area contributed by atoms with Crippen LogP contribution >= 0.6 is 0 Å². The van der Waals surface area contributed by atoms with Gasteiger partial charge in [0.25, 0.3) is 5.91 Å². The van der Waals surface area contributed by atoms with Crippen molar-refractivity contribution in [2.45, 2.75) is 38.6 Å². The van der Waals surface area contributed by atoms with Crippen LogP contribution in [-0.4, -0.2) is 27.1 Å². The van der Waals surface area contributed by atoms with E-state index in [0.717, 1.165) is 22.9 Å². The predicted molar refractivity (Wildman–Crippen MR) is 130 cm³/mol. The van der Waals surface area contributed by atoms with E-state index in [1.54, 1.807) is 12.1 Å². The number of fused-ring (bicyclic) bond motifs is 1. The van der Waals surface area contributed by atoms with Crippen LogP contribution in [-0.2, 0) is 16.6 Å². The van der Waals surface area contributed by atoms with Crippen LogP contribution in [0.4, 0.5) is 5.69 Å². The van der Waals surface area contributed by atoms with Gasteiger partial charge in [0.2, 0.25) is 10.0 Å². The molecule has 0 radical (unpaired) electrons. The molecule has 32 heavy (non-hydrogen) atoms. The maximum atomic E-state index is 12.7. The number of amides is 1. The fourth-order valence-corrected chi connectivity index (χ4v) is 5.36. The molecule has 3 aromatic carbocycles. The lowest BCUT2D eigenvalue weighted by molar-refractivity contribution is 0.0943.